The smallest absolute Gasteiger partial charge is 0.295 e. The summed E-state index contributed by atoms with van der Waals surface area (Å²) >= 11 is 2.08. The molecule has 20 heavy (non-hydrogen) atoms. The molecule has 0 saturated carbocycles. The number of alkyl halides is 3. The van der Waals surface area contributed by atoms with Crippen molar-refractivity contribution in [2.75, 3.05) is 0 Å². The summed E-state index contributed by atoms with van der Waals surface area (Å²) in [6.07, 6.45) is -4.34. The van der Waals surface area contributed by atoms with Gasteiger partial charge in [0, 0.05) is 9.13 Å². The van der Waals surface area contributed by atoms with Crippen molar-refractivity contribution in [3.8, 4) is 11.1 Å². The SMILES string of the molecule is CC(=O)c1cc(I)cc(-c2ccc(C(F)(F)F)cc2)c1. The number of carbonyl (C=O) groups excluding carboxylic acids is 1. The molecule has 0 atom stereocenters. The van der Waals surface area contributed by atoms with Crippen LogP contribution >= 0.6 is 22.6 Å². The Kier molecular flexibility index (Phi) is 4.17. The van der Waals surface area contributed by atoms with Gasteiger partial charge in [0.1, 0.15) is 0 Å². The Morgan fingerprint density at radius 2 is 1.60 bits per heavy atom. The minimum absolute atomic E-state index is 0.0725. The maximum atomic E-state index is 12.5. The zero-order valence-corrected chi connectivity index (χ0v) is 12.6. The van der Waals surface area contributed by atoms with Crippen molar-refractivity contribution in [2.24, 2.45) is 0 Å². The van der Waals surface area contributed by atoms with Crippen molar-refractivity contribution in [1.82, 2.24) is 0 Å². The molecule has 0 aromatic heterocycles. The number of Topliss-reactive ketones (excluding diaryl/α,β-unsaturated/α-hetero) is 1. The van der Waals surface area contributed by atoms with Gasteiger partial charge in [0.15, 0.2) is 5.78 Å². The minimum atomic E-state index is -4.34. The van der Waals surface area contributed by atoms with Crippen molar-refractivity contribution in [3.63, 3.8) is 0 Å². The van der Waals surface area contributed by atoms with Crippen LogP contribution in [0.4, 0.5) is 13.2 Å². The fraction of sp³-hybridized carbons (Fsp3) is 0.133. The fourth-order valence-electron chi connectivity index (χ4n) is 1.81. The average molecular weight is 390 g/mol. The third kappa shape index (κ3) is 3.39. The van der Waals surface area contributed by atoms with E-state index in [1.807, 2.05) is 6.07 Å². The molecule has 2 rings (SSSR count). The average Bonchev–Trinajstić information content (AvgIpc) is 2.37. The van der Waals surface area contributed by atoms with Gasteiger partial charge >= 0.3 is 6.18 Å². The lowest BCUT2D eigenvalue weighted by atomic mass is 10.0. The minimum Gasteiger partial charge on any atom is -0.295 e. The second kappa shape index (κ2) is 5.55. The number of hydrogen-bond acceptors (Lipinski definition) is 1. The van der Waals surface area contributed by atoms with Gasteiger partial charge in [-0.15, -0.1) is 0 Å². The lowest BCUT2D eigenvalue weighted by Gasteiger charge is -2.09. The molecule has 0 saturated heterocycles. The van der Waals surface area contributed by atoms with E-state index in [0.717, 1.165) is 21.3 Å². The molecule has 0 aliphatic rings. The summed E-state index contributed by atoms with van der Waals surface area (Å²) in [5, 5.41) is 0. The summed E-state index contributed by atoms with van der Waals surface area (Å²) in [6.45, 7) is 1.46. The van der Waals surface area contributed by atoms with Crippen LogP contribution < -0.4 is 0 Å². The largest absolute Gasteiger partial charge is 0.416 e. The van der Waals surface area contributed by atoms with Crippen LogP contribution in [0.1, 0.15) is 22.8 Å². The molecule has 0 radical (unpaired) electrons. The fourth-order valence-corrected chi connectivity index (χ4v) is 2.48. The first-order chi connectivity index (χ1) is 9.27. The topological polar surface area (TPSA) is 17.1 Å². The van der Waals surface area contributed by atoms with Crippen molar-refractivity contribution >= 4 is 28.4 Å². The Bertz CT molecular complexity index is 645. The molecule has 0 heterocycles. The third-order valence-electron chi connectivity index (χ3n) is 2.85. The molecule has 5 heteroatoms. The molecule has 0 aliphatic carbocycles. The summed E-state index contributed by atoms with van der Waals surface area (Å²) in [7, 11) is 0. The number of hydrogen-bond donors (Lipinski definition) is 0. The number of benzene rings is 2. The first-order valence-electron chi connectivity index (χ1n) is 5.76. The molecule has 0 bridgehead atoms. The maximum absolute atomic E-state index is 12.5. The van der Waals surface area contributed by atoms with E-state index in [1.165, 1.54) is 19.1 Å². The first kappa shape index (κ1) is 15.0. The predicted octanol–water partition coefficient (Wildman–Crippen LogP) is 5.18. The number of carbonyl (C=O) groups is 1. The summed E-state index contributed by atoms with van der Waals surface area (Å²) in [5.41, 5.74) is 1.25. The Morgan fingerprint density at radius 3 is 2.10 bits per heavy atom. The van der Waals surface area contributed by atoms with Crippen LogP contribution in [-0.2, 0) is 6.18 Å². The second-order valence-electron chi connectivity index (χ2n) is 4.36. The maximum Gasteiger partial charge on any atom is 0.416 e. The van der Waals surface area contributed by atoms with Gasteiger partial charge in [-0.3, -0.25) is 4.79 Å². The second-order valence-corrected chi connectivity index (χ2v) is 5.61. The Labute approximate surface area is 128 Å². The highest BCUT2D eigenvalue weighted by molar-refractivity contribution is 14.1. The van der Waals surface area contributed by atoms with E-state index in [2.05, 4.69) is 22.6 Å². The van der Waals surface area contributed by atoms with Crippen molar-refractivity contribution in [2.45, 2.75) is 13.1 Å². The van der Waals surface area contributed by atoms with Gasteiger partial charge in [-0.1, -0.05) is 12.1 Å². The van der Waals surface area contributed by atoms with E-state index in [-0.39, 0.29) is 5.78 Å². The number of ketones is 1. The summed E-state index contributed by atoms with van der Waals surface area (Å²) in [6, 6.07) is 10.2. The van der Waals surface area contributed by atoms with Gasteiger partial charge in [0.05, 0.1) is 5.56 Å². The molecule has 1 nitrogen and oxygen atoms in total. The molecular weight excluding hydrogens is 380 g/mol. The molecule has 0 fully saturated rings. The van der Waals surface area contributed by atoms with Crippen molar-refractivity contribution in [3.05, 3.63) is 57.2 Å². The predicted molar refractivity (Wildman–Crippen MR) is 79.6 cm³/mol. The standard InChI is InChI=1S/C15H10F3IO/c1-9(20)11-6-12(8-14(19)7-11)10-2-4-13(5-3-10)15(16,17)18/h2-8H,1H3. The van der Waals surface area contributed by atoms with E-state index >= 15 is 0 Å². The molecule has 0 N–H and O–H groups in total. The molecule has 0 aliphatic heterocycles. The highest BCUT2D eigenvalue weighted by atomic mass is 127. The van der Waals surface area contributed by atoms with Gasteiger partial charge in [0.25, 0.3) is 0 Å². The van der Waals surface area contributed by atoms with E-state index in [0.29, 0.717) is 11.1 Å². The zero-order chi connectivity index (χ0) is 14.9. The molecule has 2 aromatic rings. The number of halogens is 4. The van der Waals surface area contributed by atoms with Gasteiger partial charge in [-0.05, 0) is 71.0 Å². The van der Waals surface area contributed by atoms with Crippen LogP contribution in [0.2, 0.25) is 0 Å². The van der Waals surface area contributed by atoms with Crippen LogP contribution in [0, 0.1) is 3.57 Å². The molecule has 104 valence electrons. The molecule has 0 unspecified atom stereocenters. The monoisotopic (exact) mass is 390 g/mol. The molecule has 0 spiro atoms. The van der Waals surface area contributed by atoms with Crippen LogP contribution in [0.15, 0.2) is 42.5 Å². The van der Waals surface area contributed by atoms with E-state index < -0.39 is 11.7 Å². The molecule has 2 aromatic carbocycles. The third-order valence-corrected chi connectivity index (χ3v) is 3.47. The van der Waals surface area contributed by atoms with E-state index in [4.69, 9.17) is 0 Å². The van der Waals surface area contributed by atoms with Crippen LogP contribution in [-0.4, -0.2) is 5.78 Å². The van der Waals surface area contributed by atoms with Crippen molar-refractivity contribution in [1.29, 1.82) is 0 Å². The first-order valence-corrected chi connectivity index (χ1v) is 6.84. The van der Waals surface area contributed by atoms with E-state index in [9.17, 15) is 18.0 Å². The lowest BCUT2D eigenvalue weighted by molar-refractivity contribution is -0.137. The molecule has 0 amide bonds. The van der Waals surface area contributed by atoms with Crippen LogP contribution in [0.25, 0.3) is 11.1 Å². The summed E-state index contributed by atoms with van der Waals surface area (Å²) in [5.74, 6) is -0.0725. The highest BCUT2D eigenvalue weighted by Crippen LogP contribution is 2.31. The highest BCUT2D eigenvalue weighted by Gasteiger charge is 2.29. The van der Waals surface area contributed by atoms with Gasteiger partial charge in [-0.2, -0.15) is 13.2 Å². The summed E-state index contributed by atoms with van der Waals surface area (Å²) < 4.78 is 38.4. The Hall–Kier alpha value is -1.37. The normalized spacial score (nSPS) is 11.4. The van der Waals surface area contributed by atoms with Gasteiger partial charge in [0.2, 0.25) is 0 Å². The van der Waals surface area contributed by atoms with Gasteiger partial charge in [-0.25, -0.2) is 0 Å². The summed E-state index contributed by atoms with van der Waals surface area (Å²) in [4.78, 5) is 11.4. The lowest BCUT2D eigenvalue weighted by Crippen LogP contribution is -2.04. The van der Waals surface area contributed by atoms with Gasteiger partial charge < -0.3 is 0 Å². The molecular formula is C15H10F3IO. The quantitative estimate of drug-likeness (QED) is 0.510. The zero-order valence-electron chi connectivity index (χ0n) is 10.5. The van der Waals surface area contributed by atoms with Crippen molar-refractivity contribution < 1.29 is 18.0 Å². The van der Waals surface area contributed by atoms with E-state index in [1.54, 1.807) is 12.1 Å². The Balaban J connectivity index is 2.44. The van der Waals surface area contributed by atoms with Crippen LogP contribution in [0.3, 0.4) is 0 Å². The van der Waals surface area contributed by atoms with Crippen LogP contribution in [0.5, 0.6) is 0 Å². The number of rotatable bonds is 2. The Morgan fingerprint density at radius 1 is 1.00 bits per heavy atom.